The molecule has 0 unspecified atom stereocenters. The van der Waals surface area contributed by atoms with Gasteiger partial charge >= 0.3 is 0 Å². The molecule has 0 aliphatic carbocycles. The lowest BCUT2D eigenvalue weighted by atomic mass is 10.1. The van der Waals surface area contributed by atoms with E-state index in [1.54, 1.807) is 19.1 Å². The zero-order valence-electron chi connectivity index (χ0n) is 16.6. The van der Waals surface area contributed by atoms with Crippen molar-refractivity contribution in [3.63, 3.8) is 0 Å². The molecule has 5 nitrogen and oxygen atoms in total. The third-order valence-corrected chi connectivity index (χ3v) is 5.09. The zero-order valence-corrected chi connectivity index (χ0v) is 16.6. The quantitative estimate of drug-likeness (QED) is 0.814. The SMILES string of the molecule is CCc1ccccc1O[C@@H](C)C(=O)Nc1ccccc1C(=O)N1CCCCC1. The average Bonchev–Trinajstić information content (AvgIpc) is 2.74. The molecular weight excluding hydrogens is 352 g/mol. The molecular formula is C23H28N2O3. The second-order valence-corrected chi connectivity index (χ2v) is 7.11. The minimum atomic E-state index is -0.675. The van der Waals surface area contributed by atoms with Gasteiger partial charge in [-0.05, 0) is 56.4 Å². The number of aryl methyl sites for hydroxylation is 1. The van der Waals surface area contributed by atoms with Crippen LogP contribution in [0, 0.1) is 0 Å². The van der Waals surface area contributed by atoms with E-state index in [1.165, 1.54) is 0 Å². The Kier molecular flexibility index (Phi) is 6.69. The monoisotopic (exact) mass is 380 g/mol. The highest BCUT2D eigenvalue weighted by Gasteiger charge is 2.23. The van der Waals surface area contributed by atoms with E-state index < -0.39 is 6.10 Å². The van der Waals surface area contributed by atoms with Crippen LogP contribution in [0.4, 0.5) is 5.69 Å². The van der Waals surface area contributed by atoms with Crippen molar-refractivity contribution in [1.29, 1.82) is 0 Å². The van der Waals surface area contributed by atoms with E-state index in [1.807, 2.05) is 41.3 Å². The van der Waals surface area contributed by atoms with Gasteiger partial charge < -0.3 is 15.0 Å². The number of ether oxygens (including phenoxy) is 1. The summed E-state index contributed by atoms with van der Waals surface area (Å²) in [6.07, 6.45) is 3.38. The van der Waals surface area contributed by atoms with Gasteiger partial charge in [0.15, 0.2) is 6.10 Å². The number of rotatable bonds is 6. The molecule has 0 saturated carbocycles. The van der Waals surface area contributed by atoms with Crippen molar-refractivity contribution in [2.75, 3.05) is 18.4 Å². The second-order valence-electron chi connectivity index (χ2n) is 7.11. The number of nitrogens with zero attached hydrogens (tertiary/aromatic N) is 1. The number of hydrogen-bond acceptors (Lipinski definition) is 3. The fourth-order valence-electron chi connectivity index (χ4n) is 3.44. The van der Waals surface area contributed by atoms with Gasteiger partial charge in [0.25, 0.3) is 11.8 Å². The van der Waals surface area contributed by atoms with Crippen molar-refractivity contribution in [3.8, 4) is 5.75 Å². The number of hydrogen-bond donors (Lipinski definition) is 1. The Morgan fingerprint density at radius 3 is 2.46 bits per heavy atom. The van der Waals surface area contributed by atoms with Crippen LogP contribution in [0.25, 0.3) is 0 Å². The van der Waals surface area contributed by atoms with E-state index in [9.17, 15) is 9.59 Å². The molecule has 1 N–H and O–H groups in total. The first kappa shape index (κ1) is 19.9. The molecule has 0 aromatic heterocycles. The van der Waals surface area contributed by atoms with E-state index in [0.29, 0.717) is 17.0 Å². The molecule has 148 valence electrons. The Bertz CT molecular complexity index is 828. The molecule has 1 atom stereocenters. The smallest absolute Gasteiger partial charge is 0.265 e. The highest BCUT2D eigenvalue weighted by molar-refractivity contribution is 6.04. The van der Waals surface area contributed by atoms with Crippen LogP contribution < -0.4 is 10.1 Å². The van der Waals surface area contributed by atoms with Crippen molar-refractivity contribution in [1.82, 2.24) is 4.90 Å². The molecule has 28 heavy (non-hydrogen) atoms. The minimum Gasteiger partial charge on any atom is -0.481 e. The summed E-state index contributed by atoms with van der Waals surface area (Å²) in [5.41, 5.74) is 2.11. The van der Waals surface area contributed by atoms with Gasteiger partial charge in [0.1, 0.15) is 5.75 Å². The largest absolute Gasteiger partial charge is 0.481 e. The number of anilines is 1. The maximum absolute atomic E-state index is 12.9. The van der Waals surface area contributed by atoms with Gasteiger partial charge in [0.05, 0.1) is 11.3 Å². The molecule has 1 fully saturated rings. The summed E-state index contributed by atoms with van der Waals surface area (Å²) in [4.78, 5) is 27.5. The third-order valence-electron chi connectivity index (χ3n) is 5.09. The maximum atomic E-state index is 12.9. The Morgan fingerprint density at radius 2 is 1.71 bits per heavy atom. The molecule has 1 aliphatic heterocycles. The number of likely N-dealkylation sites (tertiary alicyclic amines) is 1. The Balaban J connectivity index is 1.70. The van der Waals surface area contributed by atoms with E-state index in [4.69, 9.17) is 4.74 Å². The Labute approximate surface area is 166 Å². The summed E-state index contributed by atoms with van der Waals surface area (Å²) in [5, 5.41) is 2.88. The normalized spacial score (nSPS) is 15.0. The molecule has 5 heteroatoms. The Hall–Kier alpha value is -2.82. The standard InChI is InChI=1S/C23H28N2O3/c1-3-18-11-5-8-14-21(18)28-17(2)22(26)24-20-13-7-6-12-19(20)23(27)25-15-9-4-10-16-25/h5-8,11-14,17H,3-4,9-10,15-16H2,1-2H3,(H,24,26)/t17-/m0/s1. The van der Waals surface area contributed by atoms with Gasteiger partial charge in [-0.1, -0.05) is 37.3 Å². The number of piperidine rings is 1. The lowest BCUT2D eigenvalue weighted by Crippen LogP contribution is -2.36. The van der Waals surface area contributed by atoms with Crippen molar-refractivity contribution in [2.45, 2.75) is 45.6 Å². The number of carbonyl (C=O) groups excluding carboxylic acids is 2. The van der Waals surface area contributed by atoms with Crippen LogP contribution >= 0.6 is 0 Å². The van der Waals surface area contributed by atoms with Gasteiger partial charge in [0, 0.05) is 13.1 Å². The second kappa shape index (κ2) is 9.40. The van der Waals surface area contributed by atoms with Crippen LogP contribution in [0.2, 0.25) is 0 Å². The van der Waals surface area contributed by atoms with Crippen LogP contribution in [0.3, 0.4) is 0 Å². The molecule has 0 radical (unpaired) electrons. The van der Waals surface area contributed by atoms with Gasteiger partial charge in [-0.25, -0.2) is 0 Å². The first-order chi connectivity index (χ1) is 13.6. The van der Waals surface area contributed by atoms with Gasteiger partial charge in [0.2, 0.25) is 0 Å². The third kappa shape index (κ3) is 4.71. The number of carbonyl (C=O) groups is 2. The minimum absolute atomic E-state index is 0.0273. The van der Waals surface area contributed by atoms with E-state index in [2.05, 4.69) is 12.2 Å². The predicted molar refractivity (Wildman–Crippen MR) is 111 cm³/mol. The summed E-state index contributed by atoms with van der Waals surface area (Å²) in [7, 11) is 0. The van der Waals surface area contributed by atoms with E-state index in [-0.39, 0.29) is 11.8 Å². The number of amides is 2. The summed E-state index contributed by atoms with van der Waals surface area (Å²) in [6.45, 7) is 5.31. The summed E-state index contributed by atoms with van der Waals surface area (Å²) in [5.74, 6) is 0.413. The van der Waals surface area contributed by atoms with Crippen LogP contribution in [0.15, 0.2) is 48.5 Å². The number of benzene rings is 2. The fraction of sp³-hybridized carbons (Fsp3) is 0.391. The molecule has 0 bridgehead atoms. The molecule has 2 aromatic carbocycles. The van der Waals surface area contributed by atoms with Crippen LogP contribution in [-0.4, -0.2) is 35.9 Å². The fourth-order valence-corrected chi connectivity index (χ4v) is 3.44. The van der Waals surface area contributed by atoms with Crippen LogP contribution in [0.5, 0.6) is 5.75 Å². The van der Waals surface area contributed by atoms with Gasteiger partial charge in [-0.15, -0.1) is 0 Å². The number of nitrogens with one attached hydrogen (secondary N) is 1. The highest BCUT2D eigenvalue weighted by Crippen LogP contribution is 2.22. The summed E-state index contributed by atoms with van der Waals surface area (Å²) < 4.78 is 5.88. The van der Waals surface area contributed by atoms with E-state index in [0.717, 1.165) is 44.3 Å². The summed E-state index contributed by atoms with van der Waals surface area (Å²) in [6, 6.07) is 14.9. The summed E-state index contributed by atoms with van der Waals surface area (Å²) >= 11 is 0. The van der Waals surface area contributed by atoms with Crippen molar-refractivity contribution in [3.05, 3.63) is 59.7 Å². The first-order valence-corrected chi connectivity index (χ1v) is 10.0. The van der Waals surface area contributed by atoms with Crippen LogP contribution in [0.1, 0.15) is 49.0 Å². The zero-order chi connectivity index (χ0) is 19.9. The topological polar surface area (TPSA) is 58.6 Å². The molecule has 1 saturated heterocycles. The predicted octanol–water partition coefficient (Wildman–Crippen LogP) is 4.28. The molecule has 2 amide bonds. The molecule has 2 aromatic rings. The number of para-hydroxylation sites is 2. The van der Waals surface area contributed by atoms with Crippen LogP contribution in [-0.2, 0) is 11.2 Å². The molecule has 1 heterocycles. The first-order valence-electron chi connectivity index (χ1n) is 10.0. The molecule has 1 aliphatic rings. The molecule has 3 rings (SSSR count). The lowest BCUT2D eigenvalue weighted by molar-refractivity contribution is -0.122. The molecule has 0 spiro atoms. The van der Waals surface area contributed by atoms with Gasteiger partial charge in [-0.2, -0.15) is 0 Å². The Morgan fingerprint density at radius 1 is 1.04 bits per heavy atom. The van der Waals surface area contributed by atoms with Crippen molar-refractivity contribution < 1.29 is 14.3 Å². The highest BCUT2D eigenvalue weighted by atomic mass is 16.5. The average molecular weight is 380 g/mol. The lowest BCUT2D eigenvalue weighted by Gasteiger charge is -2.27. The van der Waals surface area contributed by atoms with Crippen molar-refractivity contribution in [2.24, 2.45) is 0 Å². The van der Waals surface area contributed by atoms with Crippen molar-refractivity contribution >= 4 is 17.5 Å². The van der Waals surface area contributed by atoms with E-state index >= 15 is 0 Å². The van der Waals surface area contributed by atoms with Gasteiger partial charge in [-0.3, -0.25) is 9.59 Å². The maximum Gasteiger partial charge on any atom is 0.265 e.